The first-order chi connectivity index (χ1) is 18.5. The van der Waals surface area contributed by atoms with Gasteiger partial charge in [0.25, 0.3) is 0 Å². The van der Waals surface area contributed by atoms with Gasteiger partial charge in [0.15, 0.2) is 11.6 Å². The van der Waals surface area contributed by atoms with E-state index >= 15 is 0 Å². The van der Waals surface area contributed by atoms with E-state index in [1.54, 1.807) is 0 Å². The predicted octanol–water partition coefficient (Wildman–Crippen LogP) is 5.33. The molecular weight excluding hydrogens is 496 g/mol. The quantitative estimate of drug-likeness (QED) is 0.376. The number of halogens is 1. The Hall–Kier alpha value is -2.29. The van der Waals surface area contributed by atoms with Crippen molar-refractivity contribution in [3.63, 3.8) is 0 Å². The van der Waals surface area contributed by atoms with Gasteiger partial charge in [-0.15, -0.1) is 0 Å². The number of nitrogens with two attached hydrogens (primary N) is 1. The number of hydrogen-bond donors (Lipinski definition) is 4. The van der Waals surface area contributed by atoms with Crippen LogP contribution in [0, 0.1) is 6.92 Å². The van der Waals surface area contributed by atoms with E-state index in [0.29, 0.717) is 24.2 Å². The van der Waals surface area contributed by atoms with Gasteiger partial charge >= 0.3 is 0 Å². The van der Waals surface area contributed by atoms with Crippen molar-refractivity contribution < 1.29 is 0 Å². The SMILES string of the molecule is Cc1ccc(CN2CCC(Nc3nc(NC4CCC(N)CC4)nc4c3NCN4C3CCCC3)CC2)cc1Cl. The maximum absolute atomic E-state index is 6.36. The van der Waals surface area contributed by atoms with Crippen LogP contribution < -0.4 is 26.6 Å². The van der Waals surface area contributed by atoms with E-state index in [4.69, 9.17) is 27.3 Å². The topological polar surface area (TPSA) is 94.4 Å². The molecule has 0 amide bonds. The number of aryl methyl sites for hydroxylation is 1. The van der Waals surface area contributed by atoms with Crippen LogP contribution in [0.15, 0.2) is 18.2 Å². The van der Waals surface area contributed by atoms with Crippen LogP contribution in [-0.2, 0) is 6.54 Å². The van der Waals surface area contributed by atoms with Gasteiger partial charge < -0.3 is 26.6 Å². The molecule has 0 radical (unpaired) electrons. The third-order valence-corrected chi connectivity index (χ3v) is 9.44. The van der Waals surface area contributed by atoms with E-state index in [0.717, 1.165) is 98.7 Å². The van der Waals surface area contributed by atoms with E-state index in [1.807, 2.05) is 0 Å². The number of hydrogen-bond acceptors (Lipinski definition) is 8. The average molecular weight is 539 g/mol. The smallest absolute Gasteiger partial charge is 0.226 e. The van der Waals surface area contributed by atoms with Crippen molar-refractivity contribution in [2.75, 3.05) is 40.6 Å². The monoisotopic (exact) mass is 538 g/mol. The summed E-state index contributed by atoms with van der Waals surface area (Å²) in [5.74, 6) is 2.78. The van der Waals surface area contributed by atoms with Crippen LogP contribution >= 0.6 is 11.6 Å². The standard InChI is InChI=1S/C29H43ClN8/c1-19-6-7-20(16-25(19)30)17-37-14-12-23(13-15-37)33-27-26-28(38(18-32-26)24-4-2-3-5-24)36-29(35-27)34-22-10-8-21(31)9-11-22/h6-7,16,21-24,32H,2-5,8-15,17-18,31H2,1H3,(H2,33,34,35,36). The molecule has 38 heavy (non-hydrogen) atoms. The van der Waals surface area contributed by atoms with Gasteiger partial charge in [-0.25, -0.2) is 0 Å². The maximum atomic E-state index is 6.36. The molecule has 4 aliphatic rings. The van der Waals surface area contributed by atoms with Crippen molar-refractivity contribution in [3.8, 4) is 0 Å². The molecule has 6 rings (SSSR count). The summed E-state index contributed by atoms with van der Waals surface area (Å²) in [4.78, 5) is 15.1. The summed E-state index contributed by atoms with van der Waals surface area (Å²) in [5, 5.41) is 12.0. The zero-order valence-corrected chi connectivity index (χ0v) is 23.4. The van der Waals surface area contributed by atoms with Crippen molar-refractivity contribution in [1.82, 2.24) is 14.9 Å². The Bertz CT molecular complexity index is 1100. The molecule has 5 N–H and O–H groups in total. The Labute approximate surface area is 232 Å². The molecule has 1 aromatic heterocycles. The Kier molecular flexibility index (Phi) is 7.82. The van der Waals surface area contributed by atoms with Crippen molar-refractivity contribution in [1.29, 1.82) is 0 Å². The molecule has 8 nitrogen and oxygen atoms in total. The fourth-order valence-corrected chi connectivity index (χ4v) is 6.82. The third-order valence-electron chi connectivity index (χ3n) is 9.03. The largest absolute Gasteiger partial charge is 0.365 e. The van der Waals surface area contributed by atoms with Crippen LogP contribution in [-0.4, -0.2) is 58.8 Å². The van der Waals surface area contributed by atoms with Gasteiger partial charge in [0.1, 0.15) is 5.69 Å². The number of rotatable bonds is 7. The summed E-state index contributed by atoms with van der Waals surface area (Å²) in [5.41, 5.74) is 9.65. The summed E-state index contributed by atoms with van der Waals surface area (Å²) in [7, 11) is 0. The summed E-state index contributed by atoms with van der Waals surface area (Å²) < 4.78 is 0. The summed E-state index contributed by atoms with van der Waals surface area (Å²) in [6.45, 7) is 5.95. The molecule has 1 saturated heterocycles. The molecule has 2 saturated carbocycles. The molecule has 3 heterocycles. The molecule has 9 heteroatoms. The van der Waals surface area contributed by atoms with Gasteiger partial charge in [-0.1, -0.05) is 36.6 Å². The Morgan fingerprint density at radius 3 is 2.45 bits per heavy atom. The molecule has 0 unspecified atom stereocenters. The highest BCUT2D eigenvalue weighted by Gasteiger charge is 2.33. The van der Waals surface area contributed by atoms with Crippen molar-refractivity contribution >= 4 is 34.9 Å². The molecule has 206 valence electrons. The lowest BCUT2D eigenvalue weighted by molar-refractivity contribution is 0.211. The second kappa shape index (κ2) is 11.4. The maximum Gasteiger partial charge on any atom is 0.226 e. The third kappa shape index (κ3) is 5.82. The predicted molar refractivity (Wildman–Crippen MR) is 157 cm³/mol. The van der Waals surface area contributed by atoms with E-state index in [1.165, 1.54) is 31.2 Å². The highest BCUT2D eigenvalue weighted by Crippen LogP contribution is 2.41. The van der Waals surface area contributed by atoms with Gasteiger partial charge in [0.05, 0.1) is 6.67 Å². The van der Waals surface area contributed by atoms with Gasteiger partial charge in [0, 0.05) is 48.8 Å². The van der Waals surface area contributed by atoms with Crippen LogP contribution in [0.3, 0.4) is 0 Å². The zero-order valence-electron chi connectivity index (χ0n) is 22.7. The average Bonchev–Trinajstić information content (AvgIpc) is 3.59. The minimum Gasteiger partial charge on any atom is -0.365 e. The van der Waals surface area contributed by atoms with Gasteiger partial charge in [-0.3, -0.25) is 4.90 Å². The fourth-order valence-electron chi connectivity index (χ4n) is 6.61. The highest BCUT2D eigenvalue weighted by atomic mass is 35.5. The summed E-state index contributed by atoms with van der Waals surface area (Å²) >= 11 is 6.36. The number of benzene rings is 1. The molecule has 2 aromatic rings. The lowest BCUT2D eigenvalue weighted by Crippen LogP contribution is -2.39. The molecule has 2 aliphatic heterocycles. The Morgan fingerprint density at radius 2 is 1.71 bits per heavy atom. The molecule has 0 bridgehead atoms. The zero-order chi connectivity index (χ0) is 26.1. The van der Waals surface area contributed by atoms with Crippen LogP contribution in [0.4, 0.5) is 23.3 Å². The van der Waals surface area contributed by atoms with Gasteiger partial charge in [0.2, 0.25) is 5.95 Å². The fraction of sp³-hybridized carbons (Fsp3) is 0.655. The van der Waals surface area contributed by atoms with Crippen LogP contribution in [0.2, 0.25) is 5.02 Å². The van der Waals surface area contributed by atoms with Gasteiger partial charge in [-0.2, -0.15) is 9.97 Å². The minimum absolute atomic E-state index is 0.335. The van der Waals surface area contributed by atoms with Gasteiger partial charge in [-0.05, 0) is 75.5 Å². The Balaban J connectivity index is 1.14. The molecule has 2 aliphatic carbocycles. The summed E-state index contributed by atoms with van der Waals surface area (Å²) in [6.07, 6.45) is 11.6. The lowest BCUT2D eigenvalue weighted by atomic mass is 9.92. The molecule has 3 fully saturated rings. The highest BCUT2D eigenvalue weighted by molar-refractivity contribution is 6.31. The van der Waals surface area contributed by atoms with E-state index in [2.05, 4.69) is 50.9 Å². The molecular formula is C29H43ClN8. The van der Waals surface area contributed by atoms with Crippen LogP contribution in [0.5, 0.6) is 0 Å². The van der Waals surface area contributed by atoms with E-state index in [-0.39, 0.29) is 0 Å². The number of likely N-dealkylation sites (tertiary alicyclic amines) is 1. The number of piperidine rings is 1. The minimum atomic E-state index is 0.335. The van der Waals surface area contributed by atoms with Crippen LogP contribution in [0.1, 0.15) is 75.3 Å². The van der Waals surface area contributed by atoms with E-state index < -0.39 is 0 Å². The first-order valence-electron chi connectivity index (χ1n) is 14.7. The van der Waals surface area contributed by atoms with Crippen molar-refractivity contribution in [2.24, 2.45) is 5.73 Å². The van der Waals surface area contributed by atoms with E-state index in [9.17, 15) is 0 Å². The first kappa shape index (κ1) is 26.0. The summed E-state index contributed by atoms with van der Waals surface area (Å²) in [6, 6.07) is 8.14. The second-order valence-electron chi connectivity index (χ2n) is 11.9. The first-order valence-corrected chi connectivity index (χ1v) is 15.1. The molecule has 0 spiro atoms. The second-order valence-corrected chi connectivity index (χ2v) is 12.3. The molecule has 1 aromatic carbocycles. The number of nitrogens with zero attached hydrogens (tertiary/aromatic N) is 4. The van der Waals surface area contributed by atoms with Crippen molar-refractivity contribution in [2.45, 2.75) is 102 Å². The molecule has 0 atom stereocenters. The van der Waals surface area contributed by atoms with Crippen LogP contribution in [0.25, 0.3) is 0 Å². The number of nitrogens with one attached hydrogen (secondary N) is 3. The van der Waals surface area contributed by atoms with Crippen molar-refractivity contribution in [3.05, 3.63) is 34.3 Å². The number of fused-ring (bicyclic) bond motifs is 1. The number of anilines is 4. The number of aromatic nitrogens is 2. The lowest BCUT2D eigenvalue weighted by Gasteiger charge is -2.33. The normalized spacial score (nSPS) is 24.9. The Morgan fingerprint density at radius 1 is 0.974 bits per heavy atom.